The molecule has 2 heterocycles. The van der Waals surface area contributed by atoms with Crippen molar-refractivity contribution in [3.05, 3.63) is 47.9 Å². The van der Waals surface area contributed by atoms with Gasteiger partial charge in [-0.2, -0.15) is 0 Å². The summed E-state index contributed by atoms with van der Waals surface area (Å²) >= 11 is 0. The summed E-state index contributed by atoms with van der Waals surface area (Å²) < 4.78 is 35.4. The third-order valence-electron chi connectivity index (χ3n) is 3.86. The summed E-state index contributed by atoms with van der Waals surface area (Å²) in [6.45, 7) is 2.38. The first kappa shape index (κ1) is 16.7. The average Bonchev–Trinajstić information content (AvgIpc) is 3.19. The van der Waals surface area contributed by atoms with Gasteiger partial charge in [-0.15, -0.1) is 0 Å². The Morgan fingerprint density at radius 1 is 1.21 bits per heavy atom. The molecule has 0 saturated carbocycles. The van der Waals surface area contributed by atoms with E-state index in [1.165, 1.54) is 12.1 Å². The molecule has 2 aromatic rings. The molecule has 1 aliphatic heterocycles. The van der Waals surface area contributed by atoms with Crippen molar-refractivity contribution in [3.63, 3.8) is 0 Å². The standard InChI is InChI=1S/C17H19NO5S/c1-12-4-9-16(23-12)17(19)18-13-5-7-15(8-6-13)24(20,21)11-14-3-2-10-22-14/h4-9,14H,2-3,10-11H2,1H3,(H,18,19). The number of nitrogens with one attached hydrogen (secondary N) is 1. The van der Waals surface area contributed by atoms with Gasteiger partial charge in [-0.05, 0) is 56.2 Å². The predicted molar refractivity (Wildman–Crippen MR) is 88.9 cm³/mol. The van der Waals surface area contributed by atoms with E-state index in [-0.39, 0.29) is 28.4 Å². The highest BCUT2D eigenvalue weighted by Crippen LogP contribution is 2.21. The number of amides is 1. The second-order valence-electron chi connectivity index (χ2n) is 5.81. The molecule has 7 heteroatoms. The zero-order valence-corrected chi connectivity index (χ0v) is 14.1. The molecule has 1 saturated heterocycles. The number of hydrogen-bond acceptors (Lipinski definition) is 5. The maximum absolute atomic E-state index is 12.4. The Balaban J connectivity index is 1.67. The van der Waals surface area contributed by atoms with Crippen LogP contribution in [0.2, 0.25) is 0 Å². The first-order chi connectivity index (χ1) is 11.4. The van der Waals surface area contributed by atoms with Gasteiger partial charge in [0.05, 0.1) is 16.8 Å². The van der Waals surface area contributed by atoms with Crippen molar-refractivity contribution in [2.24, 2.45) is 0 Å². The lowest BCUT2D eigenvalue weighted by atomic mass is 10.3. The van der Waals surface area contributed by atoms with Crippen molar-refractivity contribution in [1.82, 2.24) is 0 Å². The van der Waals surface area contributed by atoms with E-state index in [4.69, 9.17) is 9.15 Å². The van der Waals surface area contributed by atoms with Gasteiger partial charge in [-0.3, -0.25) is 4.79 Å². The van der Waals surface area contributed by atoms with E-state index in [1.54, 1.807) is 31.2 Å². The zero-order chi connectivity index (χ0) is 17.2. The van der Waals surface area contributed by atoms with Crippen LogP contribution in [0.15, 0.2) is 45.7 Å². The zero-order valence-electron chi connectivity index (χ0n) is 13.3. The van der Waals surface area contributed by atoms with E-state index in [9.17, 15) is 13.2 Å². The van der Waals surface area contributed by atoms with Crippen molar-refractivity contribution in [2.45, 2.75) is 30.8 Å². The van der Waals surface area contributed by atoms with Gasteiger partial charge in [0, 0.05) is 12.3 Å². The van der Waals surface area contributed by atoms with Crippen molar-refractivity contribution >= 4 is 21.4 Å². The smallest absolute Gasteiger partial charge is 0.291 e. The van der Waals surface area contributed by atoms with Crippen LogP contribution in [0.4, 0.5) is 5.69 Å². The van der Waals surface area contributed by atoms with Crippen LogP contribution in [0.25, 0.3) is 0 Å². The fourth-order valence-corrected chi connectivity index (χ4v) is 4.11. The van der Waals surface area contributed by atoms with E-state index >= 15 is 0 Å². The Morgan fingerprint density at radius 3 is 2.54 bits per heavy atom. The first-order valence-electron chi connectivity index (χ1n) is 7.76. The van der Waals surface area contributed by atoms with Crippen molar-refractivity contribution in [3.8, 4) is 0 Å². The number of anilines is 1. The second-order valence-corrected chi connectivity index (χ2v) is 7.84. The van der Waals surface area contributed by atoms with Gasteiger partial charge < -0.3 is 14.5 Å². The largest absolute Gasteiger partial charge is 0.456 e. The molecular weight excluding hydrogens is 330 g/mol. The molecule has 1 unspecified atom stereocenters. The summed E-state index contributed by atoms with van der Waals surface area (Å²) in [6.07, 6.45) is 1.45. The summed E-state index contributed by atoms with van der Waals surface area (Å²) in [5.41, 5.74) is 0.505. The summed E-state index contributed by atoms with van der Waals surface area (Å²) in [5.74, 6) is 0.473. The Bertz CT molecular complexity index is 817. The van der Waals surface area contributed by atoms with Crippen LogP contribution in [0.5, 0.6) is 0 Å². The molecule has 1 N–H and O–H groups in total. The van der Waals surface area contributed by atoms with Crippen LogP contribution in [0.3, 0.4) is 0 Å². The highest BCUT2D eigenvalue weighted by Gasteiger charge is 2.24. The fraction of sp³-hybridized carbons (Fsp3) is 0.353. The molecule has 0 bridgehead atoms. The van der Waals surface area contributed by atoms with Gasteiger partial charge in [0.1, 0.15) is 5.76 Å². The van der Waals surface area contributed by atoms with Gasteiger partial charge >= 0.3 is 0 Å². The molecule has 1 aromatic heterocycles. The number of sulfone groups is 1. The SMILES string of the molecule is Cc1ccc(C(=O)Nc2ccc(S(=O)(=O)CC3CCCO3)cc2)o1. The molecule has 1 fully saturated rings. The molecule has 1 atom stereocenters. The molecule has 128 valence electrons. The summed E-state index contributed by atoms with van der Waals surface area (Å²) in [7, 11) is -3.39. The van der Waals surface area contributed by atoms with Crippen LogP contribution in [0, 0.1) is 6.92 Å². The fourth-order valence-electron chi connectivity index (χ4n) is 2.61. The molecule has 0 spiro atoms. The molecule has 0 aliphatic carbocycles. The number of ether oxygens (including phenoxy) is 1. The van der Waals surface area contributed by atoms with Crippen molar-refractivity contribution in [1.29, 1.82) is 0 Å². The van der Waals surface area contributed by atoms with Gasteiger partial charge in [-0.1, -0.05) is 0 Å². The van der Waals surface area contributed by atoms with Gasteiger partial charge in [0.25, 0.3) is 5.91 Å². The minimum absolute atomic E-state index is 0.00955. The van der Waals surface area contributed by atoms with E-state index in [0.717, 1.165) is 12.8 Å². The number of benzene rings is 1. The molecule has 1 aromatic carbocycles. The van der Waals surface area contributed by atoms with E-state index in [1.807, 2.05) is 0 Å². The number of hydrogen-bond donors (Lipinski definition) is 1. The van der Waals surface area contributed by atoms with E-state index in [2.05, 4.69) is 5.32 Å². The summed E-state index contributed by atoms with van der Waals surface area (Å²) in [5, 5.41) is 2.67. The van der Waals surface area contributed by atoms with Crippen LogP contribution in [-0.4, -0.2) is 32.8 Å². The number of carbonyl (C=O) groups is 1. The lowest BCUT2D eigenvalue weighted by molar-refractivity contribution is 0.0995. The number of aryl methyl sites for hydroxylation is 1. The van der Waals surface area contributed by atoms with Crippen LogP contribution < -0.4 is 5.32 Å². The maximum Gasteiger partial charge on any atom is 0.291 e. The molecule has 0 radical (unpaired) electrons. The van der Waals surface area contributed by atoms with Crippen LogP contribution >= 0.6 is 0 Å². The number of rotatable bonds is 5. The normalized spacial score (nSPS) is 17.8. The topological polar surface area (TPSA) is 85.6 Å². The number of carbonyl (C=O) groups excluding carboxylic acids is 1. The Kier molecular flexibility index (Phi) is 4.73. The van der Waals surface area contributed by atoms with E-state index in [0.29, 0.717) is 18.1 Å². The third kappa shape index (κ3) is 3.85. The maximum atomic E-state index is 12.4. The minimum Gasteiger partial charge on any atom is -0.456 e. The Hall–Kier alpha value is -2.12. The summed E-state index contributed by atoms with van der Waals surface area (Å²) in [6, 6.07) is 9.41. The van der Waals surface area contributed by atoms with Crippen molar-refractivity contribution in [2.75, 3.05) is 17.7 Å². The van der Waals surface area contributed by atoms with Gasteiger partial charge in [0.15, 0.2) is 15.6 Å². The lowest BCUT2D eigenvalue weighted by Gasteiger charge is -2.11. The molecule has 3 rings (SSSR count). The molecule has 1 aliphatic rings. The third-order valence-corrected chi connectivity index (χ3v) is 5.67. The highest BCUT2D eigenvalue weighted by molar-refractivity contribution is 7.91. The molecule has 6 nitrogen and oxygen atoms in total. The minimum atomic E-state index is -3.39. The quantitative estimate of drug-likeness (QED) is 0.897. The average molecular weight is 349 g/mol. The highest BCUT2D eigenvalue weighted by atomic mass is 32.2. The molecular formula is C17H19NO5S. The van der Waals surface area contributed by atoms with E-state index < -0.39 is 9.84 Å². The van der Waals surface area contributed by atoms with Crippen LogP contribution in [-0.2, 0) is 14.6 Å². The van der Waals surface area contributed by atoms with Gasteiger partial charge in [-0.25, -0.2) is 8.42 Å². The monoisotopic (exact) mass is 349 g/mol. The Morgan fingerprint density at radius 2 is 1.96 bits per heavy atom. The van der Waals surface area contributed by atoms with Crippen molar-refractivity contribution < 1.29 is 22.4 Å². The van der Waals surface area contributed by atoms with Gasteiger partial charge in [0.2, 0.25) is 0 Å². The first-order valence-corrected chi connectivity index (χ1v) is 9.41. The summed E-state index contributed by atoms with van der Waals surface area (Å²) in [4.78, 5) is 12.2. The second kappa shape index (κ2) is 6.78. The van der Waals surface area contributed by atoms with Crippen LogP contribution in [0.1, 0.15) is 29.2 Å². The predicted octanol–water partition coefficient (Wildman–Crippen LogP) is 2.79. The molecule has 24 heavy (non-hydrogen) atoms. The molecule has 1 amide bonds. The lowest BCUT2D eigenvalue weighted by Crippen LogP contribution is -2.20. The Labute approximate surface area is 140 Å². The number of furan rings is 1.